The number of rotatable bonds is 6. The zero-order valence-electron chi connectivity index (χ0n) is 24.1. The first kappa shape index (κ1) is 30.7. The molecule has 0 spiro atoms. The van der Waals surface area contributed by atoms with Crippen LogP contribution in [0.25, 0.3) is 44.9 Å². The standard InChI is InChI=1S/C20H19N2.C18H14N.Ir/c1-15(2)11-16-13-21-20(22-14-16)19-10-6-9-18(12-19)17-7-4-3-5-8-17;1-14-6-5-13-19-18(14)17-11-9-16(10-12-17)15-7-3-2-4-8-15;/h3-9,12-15H,11H2,1-2H3;2-11,13H,1H3;/q2*-1;. The molecule has 0 N–H and O–H groups in total. The molecule has 1 radical (unpaired) electrons. The van der Waals surface area contributed by atoms with Gasteiger partial charge >= 0.3 is 0 Å². The fourth-order valence-electron chi connectivity index (χ4n) is 4.63. The Balaban J connectivity index is 0.000000190. The molecule has 0 aliphatic heterocycles. The molecule has 0 bridgehead atoms. The summed E-state index contributed by atoms with van der Waals surface area (Å²) in [6.45, 7) is 6.47. The SMILES string of the molecule is CC(C)Cc1cnc(-c2[c-]ccc(-c3ccccc3)c2)nc1.Cc1cccnc1-c1[c-]cc(-c2ccccc2)cc1.[Ir]. The van der Waals surface area contributed by atoms with E-state index in [1.54, 1.807) is 0 Å². The number of hydrogen-bond donors (Lipinski definition) is 0. The number of pyridine rings is 1. The number of aryl methyl sites for hydroxylation is 1. The van der Waals surface area contributed by atoms with Crippen LogP contribution in [0, 0.1) is 25.0 Å². The molecule has 0 aliphatic carbocycles. The van der Waals surface area contributed by atoms with Crippen LogP contribution < -0.4 is 0 Å². The molecule has 0 saturated carbocycles. The molecule has 211 valence electrons. The molecule has 0 aliphatic rings. The predicted octanol–water partition coefficient (Wildman–Crippen LogP) is 9.33. The van der Waals surface area contributed by atoms with Crippen molar-refractivity contribution in [2.24, 2.45) is 5.92 Å². The number of hydrogen-bond acceptors (Lipinski definition) is 3. The molecule has 0 saturated heterocycles. The van der Waals surface area contributed by atoms with Crippen molar-refractivity contribution < 1.29 is 20.1 Å². The van der Waals surface area contributed by atoms with Gasteiger partial charge in [-0.2, -0.15) is 0 Å². The Bertz CT molecular complexity index is 1660. The predicted molar refractivity (Wildman–Crippen MR) is 169 cm³/mol. The average molecular weight is 724 g/mol. The molecule has 4 heteroatoms. The van der Waals surface area contributed by atoms with Gasteiger partial charge in [0.25, 0.3) is 0 Å². The van der Waals surface area contributed by atoms with E-state index in [0.29, 0.717) is 5.92 Å². The van der Waals surface area contributed by atoms with Gasteiger partial charge in [-0.3, -0.25) is 9.97 Å². The summed E-state index contributed by atoms with van der Waals surface area (Å²) in [5, 5.41) is 0. The van der Waals surface area contributed by atoms with Crippen molar-refractivity contribution in [1.29, 1.82) is 0 Å². The first-order chi connectivity index (χ1) is 20.1. The third-order valence-electron chi connectivity index (χ3n) is 6.68. The molecular weight excluding hydrogens is 691 g/mol. The zero-order valence-corrected chi connectivity index (χ0v) is 26.5. The Hall–Kier alpha value is -4.24. The number of aromatic nitrogens is 3. The number of nitrogens with zero attached hydrogens (tertiary/aromatic N) is 3. The average Bonchev–Trinajstić information content (AvgIpc) is 3.03. The van der Waals surface area contributed by atoms with Gasteiger partial charge in [0.05, 0.1) is 5.82 Å². The molecule has 42 heavy (non-hydrogen) atoms. The maximum absolute atomic E-state index is 4.49. The molecule has 2 heterocycles. The quantitative estimate of drug-likeness (QED) is 0.161. The van der Waals surface area contributed by atoms with Gasteiger partial charge < -0.3 is 4.98 Å². The molecule has 0 amide bonds. The molecule has 6 aromatic rings. The van der Waals surface area contributed by atoms with E-state index < -0.39 is 0 Å². The van der Waals surface area contributed by atoms with Crippen LogP contribution in [0.15, 0.2) is 128 Å². The number of benzene rings is 4. The molecule has 3 nitrogen and oxygen atoms in total. The summed E-state index contributed by atoms with van der Waals surface area (Å²) in [6.07, 6.45) is 6.67. The Morgan fingerprint density at radius 3 is 1.90 bits per heavy atom. The molecular formula is C38H33IrN3-2. The van der Waals surface area contributed by atoms with Gasteiger partial charge in [-0.1, -0.05) is 97.3 Å². The van der Waals surface area contributed by atoms with Gasteiger partial charge in [-0.05, 0) is 42.1 Å². The summed E-state index contributed by atoms with van der Waals surface area (Å²) in [7, 11) is 0. The molecule has 0 unspecified atom stereocenters. The van der Waals surface area contributed by atoms with E-state index in [0.717, 1.165) is 34.6 Å². The fourth-order valence-corrected chi connectivity index (χ4v) is 4.63. The van der Waals surface area contributed by atoms with E-state index >= 15 is 0 Å². The van der Waals surface area contributed by atoms with Crippen LogP contribution >= 0.6 is 0 Å². The Morgan fingerprint density at radius 2 is 1.31 bits per heavy atom. The van der Waals surface area contributed by atoms with Gasteiger partial charge in [0.2, 0.25) is 0 Å². The van der Waals surface area contributed by atoms with Crippen LogP contribution in [0.1, 0.15) is 25.0 Å². The first-order valence-corrected chi connectivity index (χ1v) is 13.9. The van der Waals surface area contributed by atoms with Gasteiger partial charge in [-0.15, -0.1) is 65.2 Å². The van der Waals surface area contributed by atoms with E-state index in [1.165, 1.54) is 27.8 Å². The maximum atomic E-state index is 4.49. The van der Waals surface area contributed by atoms with Crippen molar-refractivity contribution in [3.63, 3.8) is 0 Å². The van der Waals surface area contributed by atoms with Crippen molar-refractivity contribution in [2.75, 3.05) is 0 Å². The molecule has 0 fully saturated rings. The molecule has 6 rings (SSSR count). The third-order valence-corrected chi connectivity index (χ3v) is 6.68. The van der Waals surface area contributed by atoms with E-state index in [2.05, 4.69) is 102 Å². The van der Waals surface area contributed by atoms with Gasteiger partial charge in [0, 0.05) is 38.7 Å². The molecule has 2 aromatic heterocycles. The zero-order chi connectivity index (χ0) is 28.4. The minimum Gasteiger partial charge on any atom is -0.304 e. The Kier molecular flexibility index (Phi) is 11.1. The van der Waals surface area contributed by atoms with E-state index in [-0.39, 0.29) is 20.1 Å². The minimum absolute atomic E-state index is 0. The van der Waals surface area contributed by atoms with Crippen LogP contribution in [-0.2, 0) is 26.5 Å². The summed E-state index contributed by atoms with van der Waals surface area (Å²) in [6, 6.07) is 43.6. The van der Waals surface area contributed by atoms with Gasteiger partial charge in [0.15, 0.2) is 0 Å². The van der Waals surface area contributed by atoms with Crippen LogP contribution in [0.4, 0.5) is 0 Å². The minimum atomic E-state index is 0. The van der Waals surface area contributed by atoms with Crippen molar-refractivity contribution in [3.05, 3.63) is 151 Å². The summed E-state index contributed by atoms with van der Waals surface area (Å²) >= 11 is 0. The second-order valence-corrected chi connectivity index (χ2v) is 10.4. The van der Waals surface area contributed by atoms with Crippen molar-refractivity contribution >= 4 is 0 Å². The topological polar surface area (TPSA) is 38.7 Å². The van der Waals surface area contributed by atoms with Crippen molar-refractivity contribution in [1.82, 2.24) is 15.0 Å². The monoisotopic (exact) mass is 724 g/mol. The normalized spacial score (nSPS) is 10.4. The van der Waals surface area contributed by atoms with Gasteiger partial charge in [0.1, 0.15) is 0 Å². The summed E-state index contributed by atoms with van der Waals surface area (Å²) in [5.41, 5.74) is 10.1. The Morgan fingerprint density at radius 1 is 0.643 bits per heavy atom. The van der Waals surface area contributed by atoms with E-state index in [9.17, 15) is 0 Å². The first-order valence-electron chi connectivity index (χ1n) is 13.9. The van der Waals surface area contributed by atoms with Crippen LogP contribution in [0.3, 0.4) is 0 Å². The molecule has 0 atom stereocenters. The second-order valence-electron chi connectivity index (χ2n) is 10.4. The molecule has 4 aromatic carbocycles. The van der Waals surface area contributed by atoms with Crippen molar-refractivity contribution in [3.8, 4) is 44.9 Å². The summed E-state index contributed by atoms with van der Waals surface area (Å²) in [5.74, 6) is 1.34. The van der Waals surface area contributed by atoms with Crippen LogP contribution in [-0.4, -0.2) is 15.0 Å². The second kappa shape index (κ2) is 15.1. The van der Waals surface area contributed by atoms with Crippen LogP contribution in [0.2, 0.25) is 0 Å². The Labute approximate surface area is 263 Å². The van der Waals surface area contributed by atoms with Gasteiger partial charge in [-0.25, -0.2) is 0 Å². The summed E-state index contributed by atoms with van der Waals surface area (Å²) < 4.78 is 0. The third kappa shape index (κ3) is 8.16. The smallest absolute Gasteiger partial charge is 0.0748 e. The maximum Gasteiger partial charge on any atom is 0.0748 e. The van der Waals surface area contributed by atoms with Crippen LogP contribution in [0.5, 0.6) is 0 Å². The van der Waals surface area contributed by atoms with E-state index in [1.807, 2.05) is 73.2 Å². The summed E-state index contributed by atoms with van der Waals surface area (Å²) in [4.78, 5) is 13.4. The van der Waals surface area contributed by atoms with E-state index in [4.69, 9.17) is 0 Å². The fraction of sp³-hybridized carbons (Fsp3) is 0.132. The largest absolute Gasteiger partial charge is 0.304 e. The van der Waals surface area contributed by atoms with Crippen molar-refractivity contribution in [2.45, 2.75) is 27.2 Å².